The van der Waals surface area contributed by atoms with E-state index in [-0.39, 0.29) is 31.0 Å². The predicted molar refractivity (Wildman–Crippen MR) is 249 cm³/mol. The van der Waals surface area contributed by atoms with Crippen molar-refractivity contribution < 1.29 is 33.4 Å². The van der Waals surface area contributed by atoms with Crippen LogP contribution in [-0.4, -0.2) is 34.9 Å². The molecule has 0 amide bonds. The van der Waals surface area contributed by atoms with Crippen LogP contribution in [0.25, 0.3) is 0 Å². The lowest BCUT2D eigenvalue weighted by atomic mass is 9.79. The predicted octanol–water partition coefficient (Wildman–Crippen LogP) is 14.4. The van der Waals surface area contributed by atoms with Crippen LogP contribution in [0.3, 0.4) is 0 Å². The maximum Gasteiger partial charge on any atom is 0.307 e. The summed E-state index contributed by atoms with van der Waals surface area (Å²) in [5, 5.41) is 0.474. The Bertz CT molecular complexity index is 1700. The van der Waals surface area contributed by atoms with Gasteiger partial charge in [0.05, 0.1) is 19.3 Å². The lowest BCUT2D eigenvalue weighted by molar-refractivity contribution is -0.161. The summed E-state index contributed by atoms with van der Waals surface area (Å²) in [6, 6.07) is 24.6. The Morgan fingerprint density at radius 2 is 0.950 bits per heavy atom. The molecule has 7 nitrogen and oxygen atoms in total. The number of aryl methyl sites for hydroxylation is 1. The molecule has 0 spiro atoms. The number of esters is 3. The van der Waals surface area contributed by atoms with Gasteiger partial charge in [-0.3, -0.25) is 19.2 Å². The second-order valence-electron chi connectivity index (χ2n) is 19.5. The number of rotatable bonds is 13. The second-order valence-corrected chi connectivity index (χ2v) is 19.9. The van der Waals surface area contributed by atoms with Crippen molar-refractivity contribution in [3.05, 3.63) is 106 Å². The zero-order valence-electron chi connectivity index (χ0n) is 40.1. The molecule has 0 saturated heterocycles. The van der Waals surface area contributed by atoms with Crippen LogP contribution in [0.1, 0.15) is 184 Å². The van der Waals surface area contributed by atoms with Crippen molar-refractivity contribution >= 4 is 35.3 Å². The standard InChI is InChI=1S/C28H29ClO4.C10H18O3.C8H18.C6H14/c1-20-14-16-22(17-15-20)28(21-10-6-5-7-11-21,23-12-8-9-13-24(23)29)33-26(31)19-18-25(30)32-27(2,3)4;1-5-8(11)6-7-9(12)13-10(2,3)4;1-5-6-7-8(2,3)4;1-5-6(2,3)4/h5-17H,18-19H2,1-4H3;5-7H2,1-4H3;5-7H2,1-4H3;5H2,1-4H3. The zero-order valence-corrected chi connectivity index (χ0v) is 40.9. The molecule has 336 valence electrons. The molecule has 8 heteroatoms. The van der Waals surface area contributed by atoms with Crippen LogP contribution in [0, 0.1) is 17.8 Å². The van der Waals surface area contributed by atoms with Crippen molar-refractivity contribution in [2.45, 2.75) is 185 Å². The number of carbonyl (C=O) groups is 4. The number of Topliss-reactive ketones (excluding diaryl/α,β-unsaturated/α-hetero) is 1. The van der Waals surface area contributed by atoms with E-state index in [1.165, 1.54) is 25.7 Å². The molecule has 0 aromatic heterocycles. The highest BCUT2D eigenvalue weighted by molar-refractivity contribution is 6.31. The van der Waals surface area contributed by atoms with Gasteiger partial charge in [0.25, 0.3) is 0 Å². The van der Waals surface area contributed by atoms with E-state index in [0.29, 0.717) is 34.3 Å². The molecule has 0 aliphatic carbocycles. The molecule has 3 aromatic carbocycles. The van der Waals surface area contributed by atoms with E-state index in [0.717, 1.165) is 16.7 Å². The minimum Gasteiger partial charge on any atom is -0.460 e. The van der Waals surface area contributed by atoms with Gasteiger partial charge in [-0.25, -0.2) is 0 Å². The molecule has 0 radical (unpaired) electrons. The van der Waals surface area contributed by atoms with Crippen molar-refractivity contribution in [3.8, 4) is 0 Å². The first-order valence-electron chi connectivity index (χ1n) is 21.6. The van der Waals surface area contributed by atoms with Crippen molar-refractivity contribution in [2.75, 3.05) is 0 Å². The molecular formula is C52H79ClO7. The van der Waals surface area contributed by atoms with E-state index in [2.05, 4.69) is 55.4 Å². The summed E-state index contributed by atoms with van der Waals surface area (Å²) >= 11 is 6.66. The molecular weight excluding hydrogens is 772 g/mol. The first-order valence-corrected chi connectivity index (χ1v) is 22.0. The lowest BCUT2D eigenvalue weighted by Crippen LogP contribution is -2.36. The van der Waals surface area contributed by atoms with Crippen LogP contribution in [0.5, 0.6) is 0 Å². The van der Waals surface area contributed by atoms with Gasteiger partial charge in [0, 0.05) is 34.6 Å². The van der Waals surface area contributed by atoms with Gasteiger partial charge in [-0.1, -0.05) is 172 Å². The first kappa shape index (κ1) is 56.0. The summed E-state index contributed by atoms with van der Waals surface area (Å²) in [6.45, 7) is 32.7. The number of carbonyl (C=O) groups excluding carboxylic acids is 4. The molecule has 60 heavy (non-hydrogen) atoms. The lowest BCUT2D eigenvalue weighted by Gasteiger charge is -2.36. The van der Waals surface area contributed by atoms with Gasteiger partial charge in [-0.05, 0) is 71.8 Å². The van der Waals surface area contributed by atoms with E-state index in [1.54, 1.807) is 33.8 Å². The van der Waals surface area contributed by atoms with Gasteiger partial charge in [-0.2, -0.15) is 0 Å². The Kier molecular flexibility index (Phi) is 24.6. The quantitative estimate of drug-likeness (QED) is 0.0960. The Hall–Kier alpha value is -3.97. The summed E-state index contributed by atoms with van der Waals surface area (Å²) in [5.74, 6) is -1.16. The van der Waals surface area contributed by atoms with Crippen LogP contribution in [0.4, 0.5) is 0 Å². The summed E-state index contributed by atoms with van der Waals surface area (Å²) in [7, 11) is 0. The smallest absolute Gasteiger partial charge is 0.307 e. The number of benzene rings is 3. The summed E-state index contributed by atoms with van der Waals surface area (Å²) in [5.41, 5.74) is 1.99. The maximum atomic E-state index is 13.2. The average molecular weight is 852 g/mol. The fourth-order valence-corrected chi connectivity index (χ4v) is 5.46. The molecule has 0 fully saturated rings. The SMILES string of the molecule is CCC(=O)CCC(=O)OC(C)(C)C.CCC(C)(C)C.CCCCC(C)(C)C.Cc1ccc(C(OC(=O)CCC(=O)OC(C)(C)C)(c2ccccc2)c2ccccc2Cl)cc1. The summed E-state index contributed by atoms with van der Waals surface area (Å²) in [6.07, 6.45) is 6.15. The number of ketones is 1. The number of halogens is 1. The van der Waals surface area contributed by atoms with Crippen LogP contribution >= 0.6 is 11.6 Å². The van der Waals surface area contributed by atoms with Crippen LogP contribution in [0.15, 0.2) is 78.9 Å². The monoisotopic (exact) mass is 851 g/mol. The van der Waals surface area contributed by atoms with E-state index >= 15 is 0 Å². The van der Waals surface area contributed by atoms with Crippen molar-refractivity contribution in [2.24, 2.45) is 10.8 Å². The van der Waals surface area contributed by atoms with Gasteiger partial charge < -0.3 is 14.2 Å². The third-order valence-electron chi connectivity index (χ3n) is 8.88. The molecule has 0 aliphatic rings. The van der Waals surface area contributed by atoms with E-state index in [4.69, 9.17) is 25.8 Å². The van der Waals surface area contributed by atoms with E-state index < -0.39 is 28.7 Å². The van der Waals surface area contributed by atoms with Gasteiger partial charge in [0.15, 0.2) is 5.60 Å². The largest absolute Gasteiger partial charge is 0.460 e. The molecule has 3 aromatic rings. The zero-order chi connectivity index (χ0) is 46.4. The van der Waals surface area contributed by atoms with Gasteiger partial charge in [0.2, 0.25) is 0 Å². The summed E-state index contributed by atoms with van der Waals surface area (Å²) < 4.78 is 16.6. The van der Waals surface area contributed by atoms with Crippen molar-refractivity contribution in [1.29, 1.82) is 0 Å². The molecule has 1 atom stereocenters. The highest BCUT2D eigenvalue weighted by Crippen LogP contribution is 2.44. The molecule has 0 N–H and O–H groups in total. The number of unbranched alkanes of at least 4 members (excludes halogenated alkanes) is 1. The Labute approximate surface area is 369 Å². The highest BCUT2D eigenvalue weighted by Gasteiger charge is 2.42. The van der Waals surface area contributed by atoms with Gasteiger partial charge in [0.1, 0.15) is 17.0 Å². The van der Waals surface area contributed by atoms with Crippen LogP contribution in [0.2, 0.25) is 5.02 Å². The molecule has 0 saturated carbocycles. The Morgan fingerprint density at radius 1 is 0.533 bits per heavy atom. The Morgan fingerprint density at radius 3 is 1.33 bits per heavy atom. The number of hydrogen-bond acceptors (Lipinski definition) is 7. The molecule has 1 unspecified atom stereocenters. The van der Waals surface area contributed by atoms with Crippen LogP contribution < -0.4 is 0 Å². The highest BCUT2D eigenvalue weighted by atomic mass is 35.5. The second kappa shape index (κ2) is 26.4. The van der Waals surface area contributed by atoms with Crippen molar-refractivity contribution in [3.63, 3.8) is 0 Å². The fraction of sp³-hybridized carbons (Fsp3) is 0.577. The Balaban J connectivity index is 0.00000105. The van der Waals surface area contributed by atoms with E-state index in [1.807, 2.05) is 100 Å². The average Bonchev–Trinajstić information content (AvgIpc) is 3.14. The van der Waals surface area contributed by atoms with Gasteiger partial charge >= 0.3 is 17.9 Å². The molecule has 0 aliphatic heterocycles. The summed E-state index contributed by atoms with van der Waals surface area (Å²) in [4.78, 5) is 47.3. The molecule has 0 heterocycles. The molecule has 0 bridgehead atoms. The maximum absolute atomic E-state index is 13.2. The topological polar surface area (TPSA) is 96.0 Å². The van der Waals surface area contributed by atoms with Crippen molar-refractivity contribution in [1.82, 2.24) is 0 Å². The normalized spacial score (nSPS) is 12.4. The third-order valence-corrected chi connectivity index (χ3v) is 9.20. The minimum absolute atomic E-state index is 0.0720. The molecule has 3 rings (SSSR count). The van der Waals surface area contributed by atoms with Gasteiger partial charge in [-0.15, -0.1) is 0 Å². The number of hydrogen-bond donors (Lipinski definition) is 0. The first-order chi connectivity index (χ1) is 27.6. The number of ether oxygens (including phenoxy) is 3. The third kappa shape index (κ3) is 25.0. The minimum atomic E-state index is -1.28. The fourth-order valence-electron chi connectivity index (χ4n) is 5.19. The van der Waals surface area contributed by atoms with E-state index in [9.17, 15) is 19.2 Å². The van der Waals surface area contributed by atoms with Crippen LogP contribution in [-0.2, 0) is 39.0 Å².